The Bertz CT molecular complexity index is 219. The zero-order valence-electron chi connectivity index (χ0n) is 4.87. The van der Waals surface area contributed by atoms with E-state index >= 15 is 0 Å². The molecule has 0 unspecified atom stereocenters. The summed E-state index contributed by atoms with van der Waals surface area (Å²) >= 11 is 5.01. The normalized spacial score (nSPS) is 9.50. The molecule has 54 valence electrons. The van der Waals surface area contributed by atoms with E-state index in [1.54, 1.807) is 0 Å². The van der Waals surface area contributed by atoms with Crippen molar-refractivity contribution in [3.8, 4) is 0 Å². The van der Waals surface area contributed by atoms with Gasteiger partial charge in [-0.2, -0.15) is 0 Å². The predicted octanol–water partition coefficient (Wildman–Crippen LogP) is 2.53. The highest BCUT2D eigenvalue weighted by Gasteiger charge is 2.04. The molecule has 0 aromatic heterocycles. The molecule has 0 radical (unpaired) electrons. The third-order valence-electron chi connectivity index (χ3n) is 1.06. The van der Waals surface area contributed by atoms with E-state index in [1.165, 1.54) is 6.07 Å². The summed E-state index contributed by atoms with van der Waals surface area (Å²) in [5, 5.41) is 0. The third kappa shape index (κ3) is 1.19. The van der Waals surface area contributed by atoms with Gasteiger partial charge in [0, 0.05) is 11.8 Å². The number of hydrogen-bond donors (Lipinski definition) is 1. The molecular weight excluding hydrogens is 160 g/mol. The zero-order chi connectivity index (χ0) is 7.56. The number of rotatable bonds is 1. The lowest BCUT2D eigenvalue weighted by Crippen LogP contribution is -1.89. The van der Waals surface area contributed by atoms with Crippen molar-refractivity contribution in [2.24, 2.45) is 0 Å². The lowest BCUT2D eigenvalue weighted by Gasteiger charge is -1.99. The van der Waals surface area contributed by atoms with E-state index in [2.05, 4.69) is 0 Å². The highest BCUT2D eigenvalue weighted by atomic mass is 35.5. The SMILES string of the molecule is Fc1cccc(F)c1NCl. The molecule has 0 aliphatic carbocycles. The number of halogens is 3. The summed E-state index contributed by atoms with van der Waals surface area (Å²) in [6.45, 7) is 0. The molecule has 0 saturated heterocycles. The molecule has 1 nitrogen and oxygen atoms in total. The summed E-state index contributed by atoms with van der Waals surface area (Å²) in [5.74, 6) is -1.40. The van der Waals surface area contributed by atoms with Crippen LogP contribution in [0, 0.1) is 11.6 Å². The van der Waals surface area contributed by atoms with Crippen LogP contribution in [-0.4, -0.2) is 0 Å². The van der Waals surface area contributed by atoms with Gasteiger partial charge in [0.05, 0.1) is 0 Å². The van der Waals surface area contributed by atoms with Crippen molar-refractivity contribution in [1.82, 2.24) is 0 Å². The number of nitrogens with one attached hydrogen (secondary N) is 1. The molecule has 1 aromatic carbocycles. The van der Waals surface area contributed by atoms with Gasteiger partial charge < -0.3 is 0 Å². The van der Waals surface area contributed by atoms with Crippen LogP contribution in [0.1, 0.15) is 0 Å². The fourth-order valence-corrected chi connectivity index (χ4v) is 0.769. The summed E-state index contributed by atoms with van der Waals surface area (Å²) in [6, 6.07) is 3.50. The maximum absolute atomic E-state index is 12.5. The smallest absolute Gasteiger partial charge is 0.150 e. The first-order valence-corrected chi connectivity index (χ1v) is 2.94. The van der Waals surface area contributed by atoms with E-state index in [4.69, 9.17) is 11.8 Å². The molecule has 0 atom stereocenters. The molecule has 0 saturated carbocycles. The van der Waals surface area contributed by atoms with Crippen molar-refractivity contribution in [3.63, 3.8) is 0 Å². The molecule has 0 aliphatic heterocycles. The zero-order valence-corrected chi connectivity index (χ0v) is 5.62. The second-order valence-electron chi connectivity index (χ2n) is 1.69. The molecule has 1 rings (SSSR count). The van der Waals surface area contributed by atoms with Crippen LogP contribution in [0.25, 0.3) is 0 Å². The molecule has 1 N–H and O–H groups in total. The van der Waals surface area contributed by atoms with E-state index in [0.717, 1.165) is 12.1 Å². The van der Waals surface area contributed by atoms with Gasteiger partial charge in [0.15, 0.2) is 11.6 Å². The quantitative estimate of drug-likeness (QED) is 0.628. The summed E-state index contributed by atoms with van der Waals surface area (Å²) in [5.41, 5.74) is -0.316. The summed E-state index contributed by atoms with van der Waals surface area (Å²) in [6.07, 6.45) is 0. The monoisotopic (exact) mass is 163 g/mol. The molecule has 0 fully saturated rings. The van der Waals surface area contributed by atoms with E-state index in [9.17, 15) is 8.78 Å². The molecule has 0 amide bonds. The molecule has 10 heavy (non-hydrogen) atoms. The van der Waals surface area contributed by atoms with Crippen molar-refractivity contribution in [2.45, 2.75) is 0 Å². The van der Waals surface area contributed by atoms with Gasteiger partial charge in [0.1, 0.15) is 5.69 Å². The second kappa shape index (κ2) is 2.84. The maximum atomic E-state index is 12.5. The van der Waals surface area contributed by atoms with Gasteiger partial charge in [0.2, 0.25) is 0 Å². The lowest BCUT2D eigenvalue weighted by molar-refractivity contribution is 0.592. The van der Waals surface area contributed by atoms with Gasteiger partial charge in [-0.15, -0.1) is 0 Å². The van der Waals surface area contributed by atoms with Crippen molar-refractivity contribution in [3.05, 3.63) is 29.8 Å². The predicted molar refractivity (Wildman–Crippen MR) is 35.8 cm³/mol. The fraction of sp³-hybridized carbons (Fsp3) is 0. The Labute approximate surface area is 61.7 Å². The highest BCUT2D eigenvalue weighted by molar-refractivity contribution is 6.24. The number of anilines is 1. The second-order valence-corrected chi connectivity index (χ2v) is 1.88. The highest BCUT2D eigenvalue weighted by Crippen LogP contribution is 2.17. The summed E-state index contributed by atoms with van der Waals surface area (Å²) in [4.78, 5) is 1.89. The third-order valence-corrected chi connectivity index (χ3v) is 1.25. The van der Waals surface area contributed by atoms with Crippen LogP contribution in [0.2, 0.25) is 0 Å². The molecule has 0 aliphatic rings. The van der Waals surface area contributed by atoms with Crippen LogP contribution in [-0.2, 0) is 0 Å². The molecule has 0 spiro atoms. The van der Waals surface area contributed by atoms with Crippen LogP contribution >= 0.6 is 11.8 Å². The van der Waals surface area contributed by atoms with Crippen LogP contribution in [0.15, 0.2) is 18.2 Å². The number of benzene rings is 1. The minimum atomic E-state index is -0.699. The molecule has 1 aromatic rings. The average Bonchev–Trinajstić information content (AvgIpc) is 1.88. The first-order chi connectivity index (χ1) is 4.75. The minimum Gasteiger partial charge on any atom is -0.293 e. The minimum absolute atomic E-state index is 0.316. The Hall–Kier alpha value is -0.830. The van der Waals surface area contributed by atoms with Crippen molar-refractivity contribution < 1.29 is 8.78 Å². The van der Waals surface area contributed by atoms with Gasteiger partial charge in [0.25, 0.3) is 0 Å². The van der Waals surface area contributed by atoms with Crippen LogP contribution in [0.5, 0.6) is 0 Å². The largest absolute Gasteiger partial charge is 0.293 e. The van der Waals surface area contributed by atoms with Crippen LogP contribution < -0.4 is 4.84 Å². The van der Waals surface area contributed by atoms with Crippen molar-refractivity contribution in [1.29, 1.82) is 0 Å². The van der Waals surface area contributed by atoms with Gasteiger partial charge >= 0.3 is 0 Å². The average molecular weight is 164 g/mol. The van der Waals surface area contributed by atoms with E-state index < -0.39 is 11.6 Å². The number of para-hydroxylation sites is 1. The van der Waals surface area contributed by atoms with Crippen LogP contribution in [0.4, 0.5) is 14.5 Å². The molecule has 0 heterocycles. The topological polar surface area (TPSA) is 12.0 Å². The lowest BCUT2D eigenvalue weighted by atomic mass is 10.3. The Kier molecular flexibility index (Phi) is 2.06. The molecular formula is C6H4ClF2N. The Balaban J connectivity index is 3.17. The molecule has 0 bridgehead atoms. The Morgan fingerprint density at radius 1 is 1.20 bits per heavy atom. The summed E-state index contributed by atoms with van der Waals surface area (Å²) < 4.78 is 24.9. The van der Waals surface area contributed by atoms with Gasteiger partial charge in [-0.25, -0.2) is 8.78 Å². The standard InChI is InChI=1S/C6H4ClF2N/c7-10-6-4(8)2-1-3-5(6)9/h1-3,10H. The first-order valence-electron chi connectivity index (χ1n) is 2.56. The fourth-order valence-electron chi connectivity index (χ4n) is 0.588. The van der Waals surface area contributed by atoms with Gasteiger partial charge in [-0.1, -0.05) is 6.07 Å². The Morgan fingerprint density at radius 2 is 1.70 bits per heavy atom. The van der Waals surface area contributed by atoms with E-state index in [0.29, 0.717) is 0 Å². The van der Waals surface area contributed by atoms with E-state index in [-0.39, 0.29) is 5.69 Å². The van der Waals surface area contributed by atoms with Gasteiger partial charge in [-0.3, -0.25) is 4.84 Å². The van der Waals surface area contributed by atoms with Crippen molar-refractivity contribution >= 4 is 17.5 Å². The first kappa shape index (κ1) is 7.28. The molecule has 4 heteroatoms. The van der Waals surface area contributed by atoms with Gasteiger partial charge in [-0.05, 0) is 12.1 Å². The maximum Gasteiger partial charge on any atom is 0.150 e. The van der Waals surface area contributed by atoms with Crippen molar-refractivity contribution in [2.75, 3.05) is 4.84 Å². The van der Waals surface area contributed by atoms with E-state index in [1.807, 2.05) is 4.84 Å². The van der Waals surface area contributed by atoms with Crippen LogP contribution in [0.3, 0.4) is 0 Å². The Morgan fingerprint density at radius 3 is 2.00 bits per heavy atom. The summed E-state index contributed by atoms with van der Waals surface area (Å²) in [7, 11) is 0. The number of hydrogen-bond acceptors (Lipinski definition) is 1.